The number of benzene rings is 1. The summed E-state index contributed by atoms with van der Waals surface area (Å²) < 4.78 is 10.7. The number of carbonyl (C=O) groups is 2. The van der Waals surface area contributed by atoms with Crippen molar-refractivity contribution in [2.45, 2.75) is 39.2 Å². The molecule has 0 spiro atoms. The number of methoxy groups -OCH3 is 1. The summed E-state index contributed by atoms with van der Waals surface area (Å²) in [4.78, 5) is 28.9. The van der Waals surface area contributed by atoms with Crippen LogP contribution in [0.5, 0.6) is 5.75 Å². The molecule has 1 aliphatic heterocycles. The van der Waals surface area contributed by atoms with Crippen molar-refractivity contribution < 1.29 is 18.7 Å². The third-order valence-corrected chi connectivity index (χ3v) is 5.42. The van der Waals surface area contributed by atoms with Crippen LogP contribution in [-0.4, -0.2) is 60.9 Å². The Morgan fingerprint density at radius 3 is 2.33 bits per heavy atom. The summed E-state index contributed by atoms with van der Waals surface area (Å²) in [7, 11) is 1.62. The number of amides is 2. The molecule has 0 bridgehead atoms. The van der Waals surface area contributed by atoms with E-state index < -0.39 is 6.04 Å². The second-order valence-electron chi connectivity index (χ2n) is 8.63. The highest BCUT2D eigenvalue weighted by molar-refractivity contribution is 5.92. The molecule has 162 valence electrons. The quantitative estimate of drug-likeness (QED) is 0.813. The standard InChI is InChI=1S/C23H31N3O4/c1-16(24-18-15-17(23(2,3)4)8-9-19(18)29-5)21(27)25-10-12-26(13-11-25)22(28)20-7-6-14-30-20/h6-9,14-16,24H,10-13H2,1-5H3/t16-/m0/s1. The predicted molar refractivity (Wildman–Crippen MR) is 116 cm³/mol. The molecule has 7 heteroatoms. The number of carbonyl (C=O) groups excluding carboxylic acids is 2. The van der Waals surface area contributed by atoms with Crippen molar-refractivity contribution in [2.24, 2.45) is 0 Å². The Hall–Kier alpha value is -2.96. The van der Waals surface area contributed by atoms with Crippen molar-refractivity contribution in [1.82, 2.24) is 9.80 Å². The zero-order valence-corrected chi connectivity index (χ0v) is 18.4. The van der Waals surface area contributed by atoms with Gasteiger partial charge in [-0.05, 0) is 42.2 Å². The summed E-state index contributed by atoms with van der Waals surface area (Å²) >= 11 is 0. The van der Waals surface area contributed by atoms with Crippen LogP contribution < -0.4 is 10.1 Å². The molecule has 1 aromatic heterocycles. The van der Waals surface area contributed by atoms with Gasteiger partial charge in [0.2, 0.25) is 5.91 Å². The summed E-state index contributed by atoms with van der Waals surface area (Å²) in [6.45, 7) is 10.3. The molecule has 1 N–H and O–H groups in total. The summed E-state index contributed by atoms with van der Waals surface area (Å²) in [5.41, 5.74) is 1.96. The summed E-state index contributed by atoms with van der Waals surface area (Å²) in [5.74, 6) is 0.900. The van der Waals surface area contributed by atoms with Crippen LogP contribution in [-0.2, 0) is 10.2 Å². The molecular formula is C23H31N3O4. The average molecular weight is 414 g/mol. The maximum absolute atomic E-state index is 13.0. The number of nitrogens with zero attached hydrogens (tertiary/aromatic N) is 2. The van der Waals surface area contributed by atoms with E-state index in [1.165, 1.54) is 6.26 Å². The Labute approximate surface area is 178 Å². The number of furan rings is 1. The molecule has 0 saturated carbocycles. The minimum Gasteiger partial charge on any atom is -0.495 e. The van der Waals surface area contributed by atoms with E-state index in [1.54, 1.807) is 29.0 Å². The van der Waals surface area contributed by atoms with Crippen molar-refractivity contribution in [2.75, 3.05) is 38.6 Å². The molecule has 1 aromatic carbocycles. The zero-order chi connectivity index (χ0) is 21.9. The molecule has 1 atom stereocenters. The van der Waals surface area contributed by atoms with Crippen molar-refractivity contribution >= 4 is 17.5 Å². The molecule has 0 aliphatic carbocycles. The molecule has 2 aromatic rings. The Balaban J connectivity index is 1.62. The van der Waals surface area contributed by atoms with Gasteiger partial charge < -0.3 is 24.3 Å². The van der Waals surface area contributed by atoms with Gasteiger partial charge in [0.15, 0.2) is 5.76 Å². The maximum atomic E-state index is 13.0. The highest BCUT2D eigenvalue weighted by atomic mass is 16.5. The molecule has 0 radical (unpaired) electrons. The van der Waals surface area contributed by atoms with Crippen LogP contribution in [0.1, 0.15) is 43.8 Å². The van der Waals surface area contributed by atoms with Gasteiger partial charge in [0, 0.05) is 26.2 Å². The van der Waals surface area contributed by atoms with Gasteiger partial charge in [-0.1, -0.05) is 26.8 Å². The molecule has 1 aliphatic rings. The minimum atomic E-state index is -0.415. The fourth-order valence-corrected chi connectivity index (χ4v) is 3.54. The maximum Gasteiger partial charge on any atom is 0.289 e. The van der Waals surface area contributed by atoms with Crippen LogP contribution in [0, 0.1) is 0 Å². The lowest BCUT2D eigenvalue weighted by molar-refractivity contribution is -0.133. The van der Waals surface area contributed by atoms with Gasteiger partial charge in [-0.15, -0.1) is 0 Å². The highest BCUT2D eigenvalue weighted by Crippen LogP contribution is 2.32. The van der Waals surface area contributed by atoms with E-state index in [4.69, 9.17) is 9.15 Å². The second kappa shape index (κ2) is 8.81. The van der Waals surface area contributed by atoms with E-state index in [0.29, 0.717) is 37.7 Å². The van der Waals surface area contributed by atoms with E-state index in [9.17, 15) is 9.59 Å². The summed E-state index contributed by atoms with van der Waals surface area (Å²) in [6.07, 6.45) is 1.49. The largest absolute Gasteiger partial charge is 0.495 e. The predicted octanol–water partition coefficient (Wildman–Crippen LogP) is 3.37. The average Bonchev–Trinajstić information content (AvgIpc) is 3.27. The van der Waals surface area contributed by atoms with Gasteiger partial charge in [0.05, 0.1) is 19.1 Å². The number of hydrogen-bond donors (Lipinski definition) is 1. The first kappa shape index (κ1) is 21.7. The minimum absolute atomic E-state index is 0.00307. The number of ether oxygens (including phenoxy) is 1. The Kier molecular flexibility index (Phi) is 6.39. The molecular weight excluding hydrogens is 382 g/mol. The Morgan fingerprint density at radius 2 is 1.77 bits per heavy atom. The van der Waals surface area contributed by atoms with Crippen LogP contribution in [0.4, 0.5) is 5.69 Å². The molecule has 2 heterocycles. The lowest BCUT2D eigenvalue weighted by atomic mass is 9.86. The Bertz CT molecular complexity index is 878. The number of anilines is 1. The van der Waals surface area contributed by atoms with Gasteiger partial charge in [-0.3, -0.25) is 9.59 Å². The summed E-state index contributed by atoms with van der Waals surface area (Å²) in [5, 5.41) is 3.32. The van der Waals surface area contributed by atoms with E-state index in [1.807, 2.05) is 25.1 Å². The number of piperazine rings is 1. The van der Waals surface area contributed by atoms with Crippen molar-refractivity contribution in [3.05, 3.63) is 47.9 Å². The molecule has 3 rings (SSSR count). The van der Waals surface area contributed by atoms with Crippen LogP contribution >= 0.6 is 0 Å². The summed E-state index contributed by atoms with van der Waals surface area (Å²) in [6, 6.07) is 8.96. The third-order valence-electron chi connectivity index (χ3n) is 5.42. The van der Waals surface area contributed by atoms with Crippen molar-refractivity contribution in [3.8, 4) is 5.75 Å². The lowest BCUT2D eigenvalue weighted by Gasteiger charge is -2.36. The molecule has 1 saturated heterocycles. The number of hydrogen-bond acceptors (Lipinski definition) is 5. The fraction of sp³-hybridized carbons (Fsp3) is 0.478. The van der Waals surface area contributed by atoms with E-state index in [-0.39, 0.29) is 17.2 Å². The Morgan fingerprint density at radius 1 is 1.10 bits per heavy atom. The van der Waals surface area contributed by atoms with Crippen LogP contribution in [0.3, 0.4) is 0 Å². The monoisotopic (exact) mass is 413 g/mol. The number of nitrogens with one attached hydrogen (secondary N) is 1. The molecule has 2 amide bonds. The van der Waals surface area contributed by atoms with Gasteiger partial charge in [-0.25, -0.2) is 0 Å². The van der Waals surface area contributed by atoms with Gasteiger partial charge in [0.25, 0.3) is 5.91 Å². The molecule has 0 unspecified atom stereocenters. The van der Waals surface area contributed by atoms with Gasteiger partial charge >= 0.3 is 0 Å². The topological polar surface area (TPSA) is 75.0 Å². The van der Waals surface area contributed by atoms with Crippen LogP contribution in [0.2, 0.25) is 0 Å². The lowest BCUT2D eigenvalue weighted by Crippen LogP contribution is -2.53. The van der Waals surface area contributed by atoms with E-state index in [2.05, 4.69) is 26.1 Å². The van der Waals surface area contributed by atoms with Crippen LogP contribution in [0.15, 0.2) is 41.0 Å². The third kappa shape index (κ3) is 4.78. The first-order valence-corrected chi connectivity index (χ1v) is 10.3. The van der Waals surface area contributed by atoms with Crippen LogP contribution in [0.25, 0.3) is 0 Å². The molecule has 1 fully saturated rings. The first-order valence-electron chi connectivity index (χ1n) is 10.3. The second-order valence-corrected chi connectivity index (χ2v) is 8.63. The first-order chi connectivity index (χ1) is 14.2. The highest BCUT2D eigenvalue weighted by Gasteiger charge is 2.28. The normalized spacial score (nSPS) is 15.6. The molecule has 30 heavy (non-hydrogen) atoms. The van der Waals surface area contributed by atoms with Gasteiger partial charge in [-0.2, -0.15) is 0 Å². The zero-order valence-electron chi connectivity index (χ0n) is 18.4. The van der Waals surface area contributed by atoms with Crippen molar-refractivity contribution in [3.63, 3.8) is 0 Å². The van der Waals surface area contributed by atoms with Crippen molar-refractivity contribution in [1.29, 1.82) is 0 Å². The van der Waals surface area contributed by atoms with Gasteiger partial charge in [0.1, 0.15) is 11.8 Å². The molecule has 7 nitrogen and oxygen atoms in total. The SMILES string of the molecule is COc1ccc(C(C)(C)C)cc1N[C@@H](C)C(=O)N1CCN(C(=O)c2ccco2)CC1. The smallest absolute Gasteiger partial charge is 0.289 e. The fourth-order valence-electron chi connectivity index (χ4n) is 3.54. The van der Waals surface area contributed by atoms with E-state index in [0.717, 1.165) is 11.3 Å². The number of rotatable bonds is 5. The van der Waals surface area contributed by atoms with E-state index >= 15 is 0 Å².